The minimum atomic E-state index is -0.658. The molecule has 1 rings (SSSR count). The van der Waals surface area contributed by atoms with Crippen LogP contribution in [-0.2, 0) is 9.39 Å². The van der Waals surface area contributed by atoms with E-state index >= 15 is 0 Å². The fraction of sp³-hybridized carbons (Fsp3) is 0.667. The van der Waals surface area contributed by atoms with E-state index in [-0.39, 0.29) is 0 Å². The molecular weight excluding hydrogens is 269 g/mol. The van der Waals surface area contributed by atoms with Gasteiger partial charge in [0.1, 0.15) is 23.7 Å². The summed E-state index contributed by atoms with van der Waals surface area (Å²) < 4.78 is 21.6. The van der Waals surface area contributed by atoms with Gasteiger partial charge in [0, 0.05) is 13.2 Å². The highest BCUT2D eigenvalue weighted by Gasteiger charge is 2.39. The molecule has 0 bridgehead atoms. The molecule has 2 radical (unpaired) electrons. The average molecular weight is 293 g/mol. The van der Waals surface area contributed by atoms with E-state index in [2.05, 4.69) is 4.98 Å². The van der Waals surface area contributed by atoms with Crippen LogP contribution in [0.5, 0.6) is 11.5 Å². The largest absolute Gasteiger partial charge is 0.489 e. The maximum absolute atomic E-state index is 5.98. The number of hydrogen-bond donors (Lipinski definition) is 0. The van der Waals surface area contributed by atoms with Crippen molar-refractivity contribution >= 4 is 8.05 Å². The van der Waals surface area contributed by atoms with E-state index in [4.69, 9.17) is 26.9 Å². The van der Waals surface area contributed by atoms with Gasteiger partial charge in [-0.25, -0.2) is 0 Å². The highest BCUT2D eigenvalue weighted by molar-refractivity contribution is 5.98. The van der Waals surface area contributed by atoms with Crippen LogP contribution in [0, 0.1) is 6.92 Å². The first kappa shape index (κ1) is 17.8. The zero-order valence-electron chi connectivity index (χ0n) is 13.7. The van der Waals surface area contributed by atoms with Crippen LogP contribution in [0.1, 0.15) is 33.4 Å². The van der Waals surface area contributed by atoms with Gasteiger partial charge in [-0.2, -0.15) is 0 Å². The summed E-state index contributed by atoms with van der Waals surface area (Å²) in [6, 6.07) is 1.81. The smallest absolute Gasteiger partial charge is 0.283 e. The quantitative estimate of drug-likeness (QED) is 0.544. The summed E-state index contributed by atoms with van der Waals surface area (Å²) in [7, 11) is 6.98. The van der Waals surface area contributed by atoms with Crippen molar-refractivity contribution in [2.45, 2.75) is 45.8 Å². The number of rotatable bonds is 8. The van der Waals surface area contributed by atoms with E-state index < -0.39 is 11.2 Å². The summed E-state index contributed by atoms with van der Waals surface area (Å²) in [6.45, 7) is 10.4. The van der Waals surface area contributed by atoms with Crippen LogP contribution in [0.15, 0.2) is 12.3 Å². The summed E-state index contributed by atoms with van der Waals surface area (Å²) in [5.74, 6) is 1.27. The lowest BCUT2D eigenvalue weighted by Gasteiger charge is -2.41. The van der Waals surface area contributed by atoms with Crippen molar-refractivity contribution in [1.29, 1.82) is 0 Å². The fourth-order valence-corrected chi connectivity index (χ4v) is 1.49. The van der Waals surface area contributed by atoms with Gasteiger partial charge in [-0.3, -0.25) is 4.98 Å². The molecule has 21 heavy (non-hydrogen) atoms. The molecule has 0 fully saturated rings. The van der Waals surface area contributed by atoms with Crippen LogP contribution >= 0.6 is 0 Å². The second-order valence-corrected chi connectivity index (χ2v) is 5.84. The van der Waals surface area contributed by atoms with Crippen LogP contribution in [0.3, 0.4) is 0 Å². The maximum Gasteiger partial charge on any atom is 0.283 e. The average Bonchev–Trinajstić information content (AvgIpc) is 2.42. The highest BCUT2D eigenvalue weighted by Crippen LogP contribution is 2.32. The first-order valence-electron chi connectivity index (χ1n) is 6.89. The number of ether oxygens (including phenoxy) is 3. The maximum atomic E-state index is 5.98. The van der Waals surface area contributed by atoms with Crippen molar-refractivity contribution in [2.75, 3.05) is 20.3 Å². The van der Waals surface area contributed by atoms with Crippen LogP contribution in [-0.4, -0.2) is 44.6 Å². The lowest BCUT2D eigenvalue weighted by molar-refractivity contribution is -0.0700. The first-order chi connectivity index (χ1) is 9.73. The molecule has 0 saturated heterocycles. The van der Waals surface area contributed by atoms with Gasteiger partial charge in [-0.1, -0.05) is 0 Å². The third-order valence-electron chi connectivity index (χ3n) is 3.68. The van der Waals surface area contributed by atoms with Crippen LogP contribution in [0.4, 0.5) is 0 Å². The molecule has 0 saturated carbocycles. The Morgan fingerprint density at radius 3 is 2.38 bits per heavy atom. The SMILES string of the molecule is [B]OC(C)(C)C(C)(C)Oc1cnc(C)c(OCCOC)c1. The fourth-order valence-electron chi connectivity index (χ4n) is 1.49. The second-order valence-electron chi connectivity index (χ2n) is 5.84. The van der Waals surface area contributed by atoms with Crippen molar-refractivity contribution in [3.63, 3.8) is 0 Å². The molecule has 0 unspecified atom stereocenters. The molecular formula is C15H24BNO4. The van der Waals surface area contributed by atoms with Gasteiger partial charge < -0.3 is 18.9 Å². The van der Waals surface area contributed by atoms with Crippen LogP contribution < -0.4 is 9.47 Å². The zero-order chi connectivity index (χ0) is 16.1. The zero-order valence-corrected chi connectivity index (χ0v) is 13.7. The Kier molecular flexibility index (Phi) is 6.04. The van der Waals surface area contributed by atoms with E-state index in [0.717, 1.165) is 5.69 Å². The number of aromatic nitrogens is 1. The van der Waals surface area contributed by atoms with Gasteiger partial charge in [0.2, 0.25) is 0 Å². The molecule has 0 aromatic carbocycles. The molecule has 1 aromatic rings. The lowest BCUT2D eigenvalue weighted by atomic mass is 9.88. The Balaban J connectivity index is 2.87. The summed E-state index contributed by atoms with van der Waals surface area (Å²) >= 11 is 0. The summed E-state index contributed by atoms with van der Waals surface area (Å²) in [6.07, 6.45) is 1.66. The molecule has 5 nitrogen and oxygen atoms in total. The Morgan fingerprint density at radius 1 is 1.14 bits per heavy atom. The number of methoxy groups -OCH3 is 1. The van der Waals surface area contributed by atoms with Crippen molar-refractivity contribution < 1.29 is 18.9 Å². The predicted octanol–water partition coefficient (Wildman–Crippen LogP) is 2.45. The van der Waals surface area contributed by atoms with E-state index in [1.807, 2.05) is 40.7 Å². The minimum Gasteiger partial charge on any atom is -0.489 e. The van der Waals surface area contributed by atoms with Crippen LogP contribution in [0.25, 0.3) is 0 Å². The molecule has 0 atom stereocenters. The number of pyridine rings is 1. The van der Waals surface area contributed by atoms with Gasteiger partial charge in [0.25, 0.3) is 8.05 Å². The van der Waals surface area contributed by atoms with Gasteiger partial charge in [-0.05, 0) is 34.6 Å². The van der Waals surface area contributed by atoms with E-state index in [9.17, 15) is 0 Å². The van der Waals surface area contributed by atoms with Gasteiger partial charge in [0.05, 0.1) is 24.1 Å². The lowest BCUT2D eigenvalue weighted by Crippen LogP contribution is -2.51. The van der Waals surface area contributed by atoms with Crippen molar-refractivity contribution in [3.05, 3.63) is 18.0 Å². The first-order valence-corrected chi connectivity index (χ1v) is 6.89. The van der Waals surface area contributed by atoms with Crippen molar-refractivity contribution in [3.8, 4) is 11.5 Å². The van der Waals surface area contributed by atoms with E-state index in [1.54, 1.807) is 13.3 Å². The summed E-state index contributed by atoms with van der Waals surface area (Å²) in [5.41, 5.74) is -0.497. The molecule has 0 aliphatic heterocycles. The topological polar surface area (TPSA) is 49.8 Å². The van der Waals surface area contributed by atoms with E-state index in [0.29, 0.717) is 24.7 Å². The molecule has 1 aromatic heterocycles. The summed E-state index contributed by atoms with van der Waals surface area (Å²) in [4.78, 5) is 4.29. The highest BCUT2D eigenvalue weighted by atomic mass is 16.5. The molecule has 116 valence electrons. The van der Waals surface area contributed by atoms with Crippen molar-refractivity contribution in [1.82, 2.24) is 4.98 Å². The van der Waals surface area contributed by atoms with Gasteiger partial charge >= 0.3 is 0 Å². The Labute approximate surface area is 128 Å². The van der Waals surface area contributed by atoms with Crippen LogP contribution in [0.2, 0.25) is 0 Å². The molecule has 6 heteroatoms. The Bertz CT molecular complexity index is 463. The molecule has 0 N–H and O–H groups in total. The van der Waals surface area contributed by atoms with Gasteiger partial charge in [-0.15, -0.1) is 0 Å². The Morgan fingerprint density at radius 2 is 1.81 bits per heavy atom. The predicted molar refractivity (Wildman–Crippen MR) is 82.0 cm³/mol. The van der Waals surface area contributed by atoms with Gasteiger partial charge in [0.15, 0.2) is 0 Å². The third-order valence-corrected chi connectivity index (χ3v) is 3.68. The molecule has 0 aliphatic carbocycles. The molecule has 0 amide bonds. The second kappa shape index (κ2) is 7.14. The monoisotopic (exact) mass is 293 g/mol. The summed E-state index contributed by atoms with van der Waals surface area (Å²) in [5, 5.41) is 0. The standard InChI is InChI=1S/C15H24BNO4/c1-11-13(19-8-7-18-6)9-12(10-17-11)20-14(2,3)15(4,5)21-16/h9-10H,7-8H2,1-6H3. The van der Waals surface area contributed by atoms with Crippen molar-refractivity contribution in [2.24, 2.45) is 0 Å². The number of aryl methyl sites for hydroxylation is 1. The third kappa shape index (κ3) is 4.61. The molecule has 1 heterocycles. The normalized spacial score (nSPS) is 12.3. The Hall–Kier alpha value is -1.27. The number of nitrogens with zero attached hydrogens (tertiary/aromatic N) is 1. The minimum absolute atomic E-state index is 0.462. The molecule has 0 spiro atoms. The number of hydrogen-bond acceptors (Lipinski definition) is 5. The molecule has 0 aliphatic rings. The van der Waals surface area contributed by atoms with E-state index in [1.165, 1.54) is 0 Å².